The van der Waals surface area contributed by atoms with Gasteiger partial charge in [-0.3, -0.25) is 9.59 Å². The maximum atomic E-state index is 11.6. The van der Waals surface area contributed by atoms with E-state index in [-0.39, 0.29) is 13.0 Å². The Morgan fingerprint density at radius 3 is 2.62 bits per heavy atom. The zero-order chi connectivity index (χ0) is 10.3. The molecule has 0 spiro atoms. The number of aliphatic carboxylic acids is 1. The highest BCUT2D eigenvalue weighted by Gasteiger charge is 2.10. The van der Waals surface area contributed by atoms with E-state index in [0.717, 1.165) is 0 Å². The number of carbonyl (C=O) groups excluding carboxylic acids is 1. The van der Waals surface area contributed by atoms with Crippen molar-refractivity contribution in [3.63, 3.8) is 0 Å². The highest BCUT2D eigenvalue weighted by atomic mass is 18.2. The minimum absolute atomic E-state index is 0.254. The van der Waals surface area contributed by atoms with Crippen LogP contribution in [-0.4, -0.2) is 36.2 Å². The van der Waals surface area contributed by atoms with Crippen LogP contribution in [0, 0.1) is 0 Å². The fourth-order valence-electron chi connectivity index (χ4n) is 0.721. The molecule has 13 heavy (non-hydrogen) atoms. The van der Waals surface area contributed by atoms with Gasteiger partial charge in [0, 0.05) is 6.54 Å². The predicted molar refractivity (Wildman–Crippen MR) is 43.8 cm³/mol. The normalized spacial score (nSPS) is 12.2. The van der Waals surface area contributed by atoms with Crippen molar-refractivity contribution in [3.05, 3.63) is 0 Å². The van der Waals surface area contributed by atoms with Crippen LogP contribution in [-0.2, 0) is 9.59 Å². The molecule has 1 amide bonds. The molecule has 0 heterocycles. The van der Waals surface area contributed by atoms with E-state index in [2.05, 4.69) is 5.32 Å². The number of nitrogens with two attached hydrogens (primary N) is 1. The maximum Gasteiger partial charge on any atom is 0.320 e. The molecule has 6 heteroatoms. The third-order valence-corrected chi connectivity index (χ3v) is 1.45. The van der Waals surface area contributed by atoms with Gasteiger partial charge in [0.1, 0.15) is 6.04 Å². The first-order chi connectivity index (χ1) is 6.07. The molecular formula is C7H13FN2O3. The van der Waals surface area contributed by atoms with Crippen LogP contribution in [0.4, 0.5) is 4.39 Å². The largest absolute Gasteiger partial charge is 0.480 e. The van der Waals surface area contributed by atoms with Crippen molar-refractivity contribution >= 4 is 11.9 Å². The molecule has 0 aliphatic rings. The van der Waals surface area contributed by atoms with Gasteiger partial charge in [-0.2, -0.15) is 0 Å². The summed E-state index contributed by atoms with van der Waals surface area (Å²) in [6.45, 7) is -0.797. The summed E-state index contributed by atoms with van der Waals surface area (Å²) >= 11 is 0. The van der Waals surface area contributed by atoms with Gasteiger partial charge in [-0.05, 0) is 12.8 Å². The lowest BCUT2D eigenvalue weighted by Gasteiger charge is -2.05. The molecule has 0 fully saturated rings. The topological polar surface area (TPSA) is 92.4 Å². The Hall–Kier alpha value is -1.17. The number of nitrogens with one attached hydrogen (secondary N) is 1. The van der Waals surface area contributed by atoms with Gasteiger partial charge >= 0.3 is 5.97 Å². The second kappa shape index (κ2) is 6.36. The van der Waals surface area contributed by atoms with E-state index in [1.807, 2.05) is 0 Å². The lowest BCUT2D eigenvalue weighted by Crippen LogP contribution is -2.32. The Labute approximate surface area is 75.1 Å². The van der Waals surface area contributed by atoms with E-state index in [0.29, 0.717) is 6.42 Å². The Morgan fingerprint density at radius 1 is 1.54 bits per heavy atom. The van der Waals surface area contributed by atoms with Gasteiger partial charge in [0.15, 0.2) is 6.67 Å². The number of carboxylic acids is 1. The van der Waals surface area contributed by atoms with Crippen molar-refractivity contribution in [2.45, 2.75) is 18.9 Å². The van der Waals surface area contributed by atoms with Gasteiger partial charge in [-0.1, -0.05) is 0 Å². The molecule has 0 bridgehead atoms. The molecule has 0 saturated heterocycles. The number of amides is 1. The van der Waals surface area contributed by atoms with E-state index >= 15 is 0 Å². The number of halogens is 1. The Bertz CT molecular complexity index is 187. The smallest absolute Gasteiger partial charge is 0.320 e. The molecule has 0 saturated carbocycles. The van der Waals surface area contributed by atoms with Crippen LogP contribution < -0.4 is 11.1 Å². The fraction of sp³-hybridized carbons (Fsp3) is 0.714. The van der Waals surface area contributed by atoms with E-state index in [4.69, 9.17) is 10.8 Å². The van der Waals surface area contributed by atoms with Crippen LogP contribution in [0.15, 0.2) is 0 Å². The monoisotopic (exact) mass is 191 g/mol. The van der Waals surface area contributed by atoms with Crippen molar-refractivity contribution < 1.29 is 19.1 Å². The summed E-state index contributed by atoms with van der Waals surface area (Å²) in [6.07, 6.45) is 0.696. The number of hydrogen-bond acceptors (Lipinski definition) is 3. The van der Waals surface area contributed by atoms with Crippen LogP contribution in [0.3, 0.4) is 0 Å². The highest BCUT2D eigenvalue weighted by Crippen LogP contribution is 1.92. The summed E-state index contributed by atoms with van der Waals surface area (Å²) in [5.41, 5.74) is 5.18. The number of carbonyl (C=O) groups is 2. The zero-order valence-corrected chi connectivity index (χ0v) is 7.12. The lowest BCUT2D eigenvalue weighted by atomic mass is 10.2. The molecule has 5 nitrogen and oxygen atoms in total. The minimum atomic E-state index is -1.07. The molecule has 4 N–H and O–H groups in total. The molecule has 0 aromatic heterocycles. The van der Waals surface area contributed by atoms with E-state index < -0.39 is 24.6 Å². The van der Waals surface area contributed by atoms with Gasteiger partial charge in [-0.25, -0.2) is 4.39 Å². The summed E-state index contributed by atoms with van der Waals surface area (Å²) in [5.74, 6) is -1.76. The van der Waals surface area contributed by atoms with Gasteiger partial charge in [0.25, 0.3) is 5.91 Å². The first kappa shape index (κ1) is 11.8. The van der Waals surface area contributed by atoms with E-state index in [9.17, 15) is 14.0 Å². The first-order valence-electron chi connectivity index (χ1n) is 3.89. The second-order valence-corrected chi connectivity index (χ2v) is 2.57. The van der Waals surface area contributed by atoms with Crippen LogP contribution in [0.5, 0.6) is 0 Å². The van der Waals surface area contributed by atoms with Crippen molar-refractivity contribution in [3.8, 4) is 0 Å². The predicted octanol–water partition coefficient (Wildman–Crippen LogP) is -0.736. The Kier molecular flexibility index (Phi) is 5.79. The third-order valence-electron chi connectivity index (χ3n) is 1.45. The number of carboxylic acid groups (broad SMARTS) is 1. The zero-order valence-electron chi connectivity index (χ0n) is 7.12. The molecule has 1 unspecified atom stereocenters. The molecule has 1 atom stereocenters. The van der Waals surface area contributed by atoms with Gasteiger partial charge in [-0.15, -0.1) is 0 Å². The van der Waals surface area contributed by atoms with Crippen molar-refractivity contribution in [1.29, 1.82) is 0 Å². The summed E-state index contributed by atoms with van der Waals surface area (Å²) in [5, 5.41) is 10.6. The summed E-state index contributed by atoms with van der Waals surface area (Å²) < 4.78 is 11.6. The van der Waals surface area contributed by atoms with Crippen LogP contribution in [0.1, 0.15) is 12.8 Å². The van der Waals surface area contributed by atoms with Crippen molar-refractivity contribution in [2.75, 3.05) is 13.2 Å². The first-order valence-corrected chi connectivity index (χ1v) is 3.89. The molecule has 0 aliphatic carbocycles. The van der Waals surface area contributed by atoms with E-state index in [1.165, 1.54) is 0 Å². The quantitative estimate of drug-likeness (QED) is 0.482. The van der Waals surface area contributed by atoms with Crippen LogP contribution >= 0.6 is 0 Å². The number of hydrogen-bond donors (Lipinski definition) is 3. The average molecular weight is 191 g/mol. The van der Waals surface area contributed by atoms with Crippen molar-refractivity contribution in [2.24, 2.45) is 5.73 Å². The molecule has 76 valence electrons. The van der Waals surface area contributed by atoms with Gasteiger partial charge < -0.3 is 16.2 Å². The fourth-order valence-corrected chi connectivity index (χ4v) is 0.721. The third kappa shape index (κ3) is 6.03. The Morgan fingerprint density at radius 2 is 2.15 bits per heavy atom. The van der Waals surface area contributed by atoms with Crippen LogP contribution in [0.2, 0.25) is 0 Å². The number of alkyl halides is 1. The maximum absolute atomic E-state index is 11.6. The number of rotatable bonds is 6. The second-order valence-electron chi connectivity index (χ2n) is 2.57. The van der Waals surface area contributed by atoms with E-state index in [1.54, 1.807) is 0 Å². The summed E-state index contributed by atoms with van der Waals surface area (Å²) in [6, 6.07) is -0.915. The van der Waals surface area contributed by atoms with Gasteiger partial charge in [0.2, 0.25) is 0 Å². The lowest BCUT2D eigenvalue weighted by molar-refractivity contribution is -0.138. The van der Waals surface area contributed by atoms with Gasteiger partial charge in [0.05, 0.1) is 0 Å². The van der Waals surface area contributed by atoms with Crippen molar-refractivity contribution in [1.82, 2.24) is 5.32 Å². The molecule has 0 aliphatic heterocycles. The summed E-state index contributed by atoms with van der Waals surface area (Å²) in [4.78, 5) is 20.6. The highest BCUT2D eigenvalue weighted by molar-refractivity contribution is 5.76. The summed E-state index contributed by atoms with van der Waals surface area (Å²) in [7, 11) is 0. The molecular weight excluding hydrogens is 178 g/mol. The molecule has 0 aromatic rings. The minimum Gasteiger partial charge on any atom is -0.480 e. The molecule has 0 rings (SSSR count). The average Bonchev–Trinajstić information content (AvgIpc) is 2.11. The molecule has 0 radical (unpaired) electrons. The standard InChI is InChI=1S/C7H13FN2O3/c8-4-6(11)10-3-1-2-5(9)7(12)13/h5H,1-4,9H2,(H,10,11)(H,12,13)/i8-1. The SMILES string of the molecule is NC(CCCNC(=O)C[18F])C(=O)O. The van der Waals surface area contributed by atoms with Crippen LogP contribution in [0.25, 0.3) is 0 Å². The Balaban J connectivity index is 3.35. The molecule has 0 aromatic carbocycles.